The van der Waals surface area contributed by atoms with Crippen LogP contribution < -0.4 is 5.22 Å². The molecule has 29 heavy (non-hydrogen) atoms. The summed E-state index contributed by atoms with van der Waals surface area (Å²) in [7, 11) is 0. The van der Waals surface area contributed by atoms with E-state index < -0.39 is 0 Å². The summed E-state index contributed by atoms with van der Waals surface area (Å²) in [5, 5.41) is 3.97. The molecule has 0 bridgehead atoms. The Morgan fingerprint density at radius 3 is 2.00 bits per heavy atom. The average molecular weight is 390 g/mol. The van der Waals surface area contributed by atoms with E-state index in [0.717, 1.165) is 26.1 Å². The van der Waals surface area contributed by atoms with Crippen molar-refractivity contribution in [3.8, 4) is 10.4 Å². The van der Waals surface area contributed by atoms with Crippen molar-refractivity contribution in [3.05, 3.63) is 101 Å². The Bertz CT molecular complexity index is 1490. The summed E-state index contributed by atoms with van der Waals surface area (Å²) < 4.78 is 1.16. The van der Waals surface area contributed by atoms with Gasteiger partial charge in [0.15, 0.2) is 11.6 Å². The molecule has 1 aliphatic rings. The summed E-state index contributed by atoms with van der Waals surface area (Å²) in [5.74, 6) is -0.353. The van der Waals surface area contributed by atoms with Gasteiger partial charge in [0.25, 0.3) is 0 Å². The largest absolute Gasteiger partial charge is 0.288 e. The third-order valence-electron chi connectivity index (χ3n) is 5.63. The number of carbonyl (C=O) groups is 2. The Kier molecular flexibility index (Phi) is 3.37. The molecule has 0 unspecified atom stereocenters. The zero-order valence-corrected chi connectivity index (χ0v) is 16.1. The van der Waals surface area contributed by atoms with Gasteiger partial charge in [0.1, 0.15) is 0 Å². The highest BCUT2D eigenvalue weighted by Crippen LogP contribution is 2.41. The highest BCUT2D eigenvalue weighted by Gasteiger charge is 2.33. The number of fused-ring (bicyclic) bond motifs is 1. The van der Waals surface area contributed by atoms with Gasteiger partial charge in [-0.3, -0.25) is 9.59 Å². The minimum absolute atomic E-state index is 0.177. The monoisotopic (exact) mass is 390 g/mol. The molecule has 0 amide bonds. The molecule has 0 radical (unpaired) electrons. The third-order valence-corrected chi connectivity index (χ3v) is 6.85. The molecule has 0 spiro atoms. The van der Waals surface area contributed by atoms with E-state index in [4.69, 9.17) is 0 Å². The van der Waals surface area contributed by atoms with Crippen molar-refractivity contribution >= 4 is 49.3 Å². The summed E-state index contributed by atoms with van der Waals surface area (Å²) >= 11 is 1.75. The van der Waals surface area contributed by atoms with E-state index in [1.807, 2.05) is 36.4 Å². The summed E-state index contributed by atoms with van der Waals surface area (Å²) in [6.07, 6.45) is 0. The van der Waals surface area contributed by atoms with Gasteiger partial charge in [0.05, 0.1) is 5.57 Å². The van der Waals surface area contributed by atoms with Crippen molar-refractivity contribution < 1.29 is 9.59 Å². The number of ketones is 2. The minimum Gasteiger partial charge on any atom is -0.288 e. The van der Waals surface area contributed by atoms with Crippen LogP contribution in [-0.2, 0) is 0 Å². The second-order valence-electron chi connectivity index (χ2n) is 7.22. The molecule has 0 saturated heterocycles. The topological polar surface area (TPSA) is 34.1 Å². The highest BCUT2D eigenvalue weighted by atomic mass is 32.1. The summed E-state index contributed by atoms with van der Waals surface area (Å²) in [6, 6.07) is 27.5. The van der Waals surface area contributed by atoms with Crippen LogP contribution >= 0.6 is 11.3 Å². The molecule has 1 aromatic heterocycles. The Balaban J connectivity index is 1.72. The fourth-order valence-corrected chi connectivity index (χ4v) is 5.55. The lowest BCUT2D eigenvalue weighted by atomic mass is 9.98. The molecule has 3 heteroatoms. The molecular formula is C26H14O2S. The Hall–Kier alpha value is -3.56. The molecular weight excluding hydrogens is 376 g/mol. The smallest absolute Gasteiger partial charge is 0.198 e. The highest BCUT2D eigenvalue weighted by molar-refractivity contribution is 7.23. The zero-order chi connectivity index (χ0) is 19.5. The number of rotatable bonds is 1. The van der Waals surface area contributed by atoms with E-state index in [9.17, 15) is 9.59 Å². The van der Waals surface area contributed by atoms with Gasteiger partial charge in [-0.2, -0.15) is 0 Å². The van der Waals surface area contributed by atoms with Crippen molar-refractivity contribution in [3.63, 3.8) is 0 Å². The fraction of sp³-hybridized carbons (Fsp3) is 0. The second kappa shape index (κ2) is 5.97. The van der Waals surface area contributed by atoms with Gasteiger partial charge in [0.2, 0.25) is 0 Å². The van der Waals surface area contributed by atoms with Gasteiger partial charge in [0, 0.05) is 31.5 Å². The Labute approximate surface area is 170 Å². The molecule has 136 valence electrons. The first kappa shape index (κ1) is 16.4. The number of Topliss-reactive ketones (excluding diaryl/α,β-unsaturated/α-hetero) is 2. The van der Waals surface area contributed by atoms with Gasteiger partial charge in [-0.15, -0.1) is 11.3 Å². The van der Waals surface area contributed by atoms with Crippen LogP contribution in [0.5, 0.6) is 0 Å². The number of thiophene rings is 1. The van der Waals surface area contributed by atoms with E-state index in [1.54, 1.807) is 35.6 Å². The molecule has 0 N–H and O–H groups in total. The SMILES string of the molecule is O=C1C(=c2ccc3c(-c4ccccc4)sc4cccc2c43)C(=O)c2ccccc21. The molecule has 0 aliphatic heterocycles. The van der Waals surface area contributed by atoms with Gasteiger partial charge < -0.3 is 0 Å². The maximum Gasteiger partial charge on any atom is 0.198 e. The van der Waals surface area contributed by atoms with E-state index >= 15 is 0 Å². The van der Waals surface area contributed by atoms with E-state index in [2.05, 4.69) is 24.3 Å². The Morgan fingerprint density at radius 2 is 1.28 bits per heavy atom. The molecule has 6 rings (SSSR count). The predicted octanol–water partition coefficient (Wildman–Crippen LogP) is 5.67. The van der Waals surface area contributed by atoms with Crippen LogP contribution in [-0.4, -0.2) is 11.6 Å². The Morgan fingerprint density at radius 1 is 0.586 bits per heavy atom. The van der Waals surface area contributed by atoms with Crippen LogP contribution in [0.3, 0.4) is 0 Å². The van der Waals surface area contributed by atoms with E-state index in [0.29, 0.717) is 11.1 Å². The quantitative estimate of drug-likeness (QED) is 0.369. The molecule has 1 heterocycles. The van der Waals surface area contributed by atoms with Gasteiger partial charge in [-0.1, -0.05) is 78.9 Å². The summed E-state index contributed by atoms with van der Waals surface area (Å²) in [5.41, 5.74) is 2.47. The third kappa shape index (κ3) is 2.22. The first-order chi connectivity index (χ1) is 14.2. The van der Waals surface area contributed by atoms with Gasteiger partial charge in [-0.05, 0) is 22.2 Å². The van der Waals surface area contributed by atoms with E-state index in [1.165, 1.54) is 10.4 Å². The lowest BCUT2D eigenvalue weighted by Crippen LogP contribution is -2.15. The lowest BCUT2D eigenvalue weighted by molar-refractivity contribution is 0.102. The van der Waals surface area contributed by atoms with Crippen molar-refractivity contribution in [1.29, 1.82) is 0 Å². The number of hydrogen-bond donors (Lipinski definition) is 0. The van der Waals surface area contributed by atoms with Crippen molar-refractivity contribution in [1.82, 2.24) is 0 Å². The van der Waals surface area contributed by atoms with Crippen molar-refractivity contribution in [2.45, 2.75) is 0 Å². The fourth-order valence-electron chi connectivity index (χ4n) is 4.33. The van der Waals surface area contributed by atoms with Gasteiger partial charge in [-0.25, -0.2) is 0 Å². The summed E-state index contributed by atoms with van der Waals surface area (Å²) in [6.45, 7) is 0. The zero-order valence-electron chi connectivity index (χ0n) is 15.3. The van der Waals surface area contributed by atoms with E-state index in [-0.39, 0.29) is 17.1 Å². The van der Waals surface area contributed by atoms with Crippen LogP contribution in [0.15, 0.2) is 84.9 Å². The second-order valence-corrected chi connectivity index (χ2v) is 8.27. The number of benzene rings is 4. The maximum atomic E-state index is 13.1. The molecule has 2 nitrogen and oxygen atoms in total. The molecule has 5 aromatic rings. The normalized spacial score (nSPS) is 13.6. The lowest BCUT2D eigenvalue weighted by Gasteiger charge is -2.03. The van der Waals surface area contributed by atoms with Crippen LogP contribution in [0.1, 0.15) is 20.7 Å². The predicted molar refractivity (Wildman–Crippen MR) is 118 cm³/mol. The summed E-state index contributed by atoms with van der Waals surface area (Å²) in [4.78, 5) is 27.3. The molecule has 1 aliphatic carbocycles. The number of carbonyl (C=O) groups excluding carboxylic acids is 2. The first-order valence-corrected chi connectivity index (χ1v) is 10.3. The first-order valence-electron chi connectivity index (χ1n) is 9.46. The van der Waals surface area contributed by atoms with Crippen molar-refractivity contribution in [2.24, 2.45) is 0 Å². The molecule has 0 saturated carbocycles. The standard InChI is InChI=1S/C26H14O2S/c27-24-18-9-4-5-10-19(18)25(28)23(24)17-13-14-20-22-16(17)11-6-12-21(22)29-26(20)15-7-2-1-3-8-15/h1-14H. The van der Waals surface area contributed by atoms with Crippen LogP contribution in [0.25, 0.3) is 36.9 Å². The molecule has 0 fully saturated rings. The molecule has 0 atom stereocenters. The van der Waals surface area contributed by atoms with Crippen LogP contribution in [0.4, 0.5) is 0 Å². The average Bonchev–Trinajstić information content (AvgIpc) is 3.27. The number of hydrogen-bond acceptors (Lipinski definition) is 3. The maximum absolute atomic E-state index is 13.1. The van der Waals surface area contributed by atoms with Gasteiger partial charge >= 0.3 is 0 Å². The van der Waals surface area contributed by atoms with Crippen molar-refractivity contribution in [2.75, 3.05) is 0 Å². The van der Waals surface area contributed by atoms with Crippen LogP contribution in [0.2, 0.25) is 0 Å². The minimum atomic E-state index is -0.177. The van der Waals surface area contributed by atoms with Crippen LogP contribution in [0, 0.1) is 0 Å². The molecule has 4 aromatic carbocycles.